The van der Waals surface area contributed by atoms with E-state index in [1.54, 1.807) is 26.0 Å². The molecule has 10 heteroatoms. The number of hydrogen-bond acceptors (Lipinski definition) is 6. The van der Waals surface area contributed by atoms with Gasteiger partial charge in [0.2, 0.25) is 19.7 Å². The van der Waals surface area contributed by atoms with Crippen molar-refractivity contribution in [3.8, 4) is 11.1 Å². The molecule has 4 aromatic carbocycles. The first-order valence-corrected chi connectivity index (χ1v) is 15.9. The van der Waals surface area contributed by atoms with Gasteiger partial charge in [0.15, 0.2) is 0 Å². The lowest BCUT2D eigenvalue weighted by Gasteiger charge is -2.16. The van der Waals surface area contributed by atoms with Gasteiger partial charge in [0, 0.05) is 11.1 Å². The van der Waals surface area contributed by atoms with Crippen LogP contribution in [0.5, 0.6) is 0 Å². The third kappa shape index (κ3) is 5.04. The van der Waals surface area contributed by atoms with E-state index in [-0.39, 0.29) is 25.8 Å². The summed E-state index contributed by atoms with van der Waals surface area (Å²) in [6.45, 7) is 7.21. The molecule has 0 aliphatic rings. The lowest BCUT2D eigenvalue weighted by molar-refractivity contribution is 0.483. The predicted octanol–water partition coefficient (Wildman–Crippen LogP) is 5.50. The van der Waals surface area contributed by atoms with Crippen LogP contribution < -0.4 is 0 Å². The summed E-state index contributed by atoms with van der Waals surface area (Å²) in [5, 5.41) is 0. The highest BCUT2D eigenvalue weighted by Gasteiger charge is 2.29. The van der Waals surface area contributed by atoms with Crippen LogP contribution in [0.1, 0.15) is 22.3 Å². The SMILES string of the molecule is Cc1ccc(S(=O)(=O)c2ccc(-c3ccccc3S(=O)(=O)O)c(S(=O)(=O)c3ccc(C)c(C)c3)c2)cc1C. The van der Waals surface area contributed by atoms with Gasteiger partial charge in [-0.05, 0) is 92.4 Å². The molecule has 4 rings (SSSR count). The zero-order chi connectivity index (χ0) is 28.0. The maximum atomic E-state index is 14.0. The minimum absolute atomic E-state index is 0.00112. The highest BCUT2D eigenvalue weighted by atomic mass is 32.2. The summed E-state index contributed by atoms with van der Waals surface area (Å²) in [5.41, 5.74) is 3.10. The number of aryl methyl sites for hydroxylation is 4. The van der Waals surface area contributed by atoms with Crippen LogP contribution in [0.4, 0.5) is 0 Å². The lowest BCUT2D eigenvalue weighted by Crippen LogP contribution is -2.10. The van der Waals surface area contributed by atoms with Gasteiger partial charge in [-0.3, -0.25) is 4.55 Å². The molecule has 0 atom stereocenters. The molecule has 0 aliphatic carbocycles. The van der Waals surface area contributed by atoms with Crippen LogP contribution >= 0.6 is 0 Å². The molecule has 0 aromatic heterocycles. The summed E-state index contributed by atoms with van der Waals surface area (Å²) < 4.78 is 89.1. The van der Waals surface area contributed by atoms with Gasteiger partial charge in [0.1, 0.15) is 4.90 Å². The van der Waals surface area contributed by atoms with Gasteiger partial charge >= 0.3 is 0 Å². The Morgan fingerprint density at radius 3 is 1.45 bits per heavy atom. The number of sulfone groups is 2. The van der Waals surface area contributed by atoms with Crippen LogP contribution in [0.25, 0.3) is 11.1 Å². The van der Waals surface area contributed by atoms with Crippen LogP contribution in [0, 0.1) is 27.7 Å². The van der Waals surface area contributed by atoms with Crippen LogP contribution in [0.2, 0.25) is 0 Å². The molecule has 0 unspecified atom stereocenters. The molecule has 0 heterocycles. The molecule has 1 N–H and O–H groups in total. The van der Waals surface area contributed by atoms with E-state index in [0.717, 1.165) is 28.8 Å². The van der Waals surface area contributed by atoms with Gasteiger partial charge in [-0.15, -0.1) is 0 Å². The Labute approximate surface area is 223 Å². The Bertz CT molecular complexity index is 1910. The fraction of sp³-hybridized carbons (Fsp3) is 0.143. The van der Waals surface area contributed by atoms with Gasteiger partial charge in [0.25, 0.3) is 10.1 Å². The quantitative estimate of drug-likeness (QED) is 0.304. The Kier molecular flexibility index (Phi) is 7.13. The van der Waals surface area contributed by atoms with Gasteiger partial charge in [-0.2, -0.15) is 8.42 Å². The molecular formula is C28H26O7S3. The van der Waals surface area contributed by atoms with Crippen molar-refractivity contribution in [3.63, 3.8) is 0 Å². The molecule has 4 aromatic rings. The normalized spacial score (nSPS) is 12.4. The van der Waals surface area contributed by atoms with Crippen molar-refractivity contribution in [2.45, 2.75) is 52.2 Å². The van der Waals surface area contributed by atoms with Gasteiger partial charge in [-0.25, -0.2) is 16.8 Å². The number of benzene rings is 4. The average Bonchev–Trinajstić information content (AvgIpc) is 2.86. The van der Waals surface area contributed by atoms with Crippen molar-refractivity contribution in [2.75, 3.05) is 0 Å². The third-order valence-electron chi connectivity index (χ3n) is 6.59. The van der Waals surface area contributed by atoms with Crippen molar-refractivity contribution in [1.82, 2.24) is 0 Å². The Morgan fingerprint density at radius 1 is 0.474 bits per heavy atom. The van der Waals surface area contributed by atoms with E-state index in [0.29, 0.717) is 5.56 Å². The zero-order valence-electron chi connectivity index (χ0n) is 21.1. The number of rotatable bonds is 6. The van der Waals surface area contributed by atoms with E-state index in [4.69, 9.17) is 0 Å². The molecule has 0 spiro atoms. The van der Waals surface area contributed by atoms with Gasteiger partial charge in [0.05, 0.1) is 19.6 Å². The summed E-state index contributed by atoms with van der Waals surface area (Å²) in [7, 11) is -13.2. The minimum Gasteiger partial charge on any atom is -0.282 e. The molecule has 7 nitrogen and oxygen atoms in total. The second-order valence-corrected chi connectivity index (χ2v) is 14.4. The first-order chi connectivity index (χ1) is 17.6. The van der Waals surface area contributed by atoms with E-state index in [2.05, 4.69) is 0 Å². The molecule has 0 amide bonds. The van der Waals surface area contributed by atoms with Crippen molar-refractivity contribution in [3.05, 3.63) is 101 Å². The van der Waals surface area contributed by atoms with Crippen LogP contribution in [-0.2, 0) is 29.8 Å². The highest BCUT2D eigenvalue weighted by molar-refractivity contribution is 7.92. The molecular weight excluding hydrogens is 545 g/mol. The largest absolute Gasteiger partial charge is 0.295 e. The first-order valence-electron chi connectivity index (χ1n) is 11.5. The molecule has 0 saturated heterocycles. The van der Waals surface area contributed by atoms with E-state index in [1.807, 2.05) is 13.8 Å². The standard InChI is InChI=1S/C28H26O7S3/c1-18-9-11-22(15-20(18)3)36(29,30)24-13-14-26(25-7-5-6-8-27(25)38(33,34)35)28(17-24)37(31,32)23-12-10-19(2)21(4)16-23/h5-17H,1-4H3,(H,33,34,35). The first kappa shape index (κ1) is 27.7. The van der Waals surface area contributed by atoms with Crippen LogP contribution in [0.3, 0.4) is 0 Å². The zero-order valence-corrected chi connectivity index (χ0v) is 23.6. The molecule has 0 fully saturated rings. The van der Waals surface area contributed by atoms with Gasteiger partial charge < -0.3 is 0 Å². The molecule has 0 saturated carbocycles. The van der Waals surface area contributed by atoms with Crippen molar-refractivity contribution in [1.29, 1.82) is 0 Å². The summed E-state index contributed by atoms with van der Waals surface area (Å²) in [4.78, 5) is -1.24. The molecule has 0 radical (unpaired) electrons. The maximum absolute atomic E-state index is 14.0. The third-order valence-corrected chi connectivity index (χ3v) is 11.0. The Balaban J connectivity index is 2.06. The fourth-order valence-corrected chi connectivity index (χ4v) is 7.79. The van der Waals surface area contributed by atoms with E-state index in [9.17, 15) is 29.8 Å². The van der Waals surface area contributed by atoms with Crippen LogP contribution in [-0.4, -0.2) is 29.8 Å². The minimum atomic E-state index is -4.72. The topological polar surface area (TPSA) is 123 Å². The Morgan fingerprint density at radius 2 is 0.921 bits per heavy atom. The van der Waals surface area contributed by atoms with E-state index < -0.39 is 39.6 Å². The monoisotopic (exact) mass is 570 g/mol. The van der Waals surface area contributed by atoms with Crippen molar-refractivity contribution >= 4 is 29.8 Å². The van der Waals surface area contributed by atoms with Crippen LogP contribution in [0.15, 0.2) is 103 Å². The molecule has 0 aliphatic heterocycles. The summed E-state index contributed by atoms with van der Waals surface area (Å²) >= 11 is 0. The van der Waals surface area contributed by atoms with Crippen molar-refractivity contribution in [2.24, 2.45) is 0 Å². The maximum Gasteiger partial charge on any atom is 0.295 e. The predicted molar refractivity (Wildman–Crippen MR) is 144 cm³/mol. The summed E-state index contributed by atoms with van der Waals surface area (Å²) in [6.07, 6.45) is 0. The molecule has 38 heavy (non-hydrogen) atoms. The van der Waals surface area contributed by atoms with Gasteiger partial charge in [-0.1, -0.05) is 36.4 Å². The van der Waals surface area contributed by atoms with E-state index in [1.165, 1.54) is 54.6 Å². The van der Waals surface area contributed by atoms with E-state index >= 15 is 0 Å². The second-order valence-electron chi connectivity index (χ2n) is 9.13. The molecule has 198 valence electrons. The molecule has 0 bridgehead atoms. The average molecular weight is 571 g/mol. The lowest BCUT2D eigenvalue weighted by atomic mass is 10.1. The van der Waals surface area contributed by atoms with Crippen molar-refractivity contribution < 1.29 is 29.8 Å². The number of hydrogen-bond donors (Lipinski definition) is 1. The second kappa shape index (κ2) is 9.77. The highest BCUT2D eigenvalue weighted by Crippen LogP contribution is 2.38. The summed E-state index contributed by atoms with van der Waals surface area (Å²) in [6, 6.07) is 18.1. The summed E-state index contributed by atoms with van der Waals surface area (Å²) in [5.74, 6) is 0. The Hall–Kier alpha value is -3.31. The smallest absolute Gasteiger partial charge is 0.282 e. The fourth-order valence-electron chi connectivity index (χ4n) is 4.05.